The fourth-order valence-corrected chi connectivity index (χ4v) is 2.44. The number of carbonyl (C=O) groups is 1. The lowest BCUT2D eigenvalue weighted by Crippen LogP contribution is -2.37. The molecule has 2 aromatic rings. The van der Waals surface area contributed by atoms with Gasteiger partial charge in [0.05, 0.1) is 23.9 Å². The number of hydrogen-bond donors (Lipinski definition) is 2. The molecule has 0 aliphatic rings. The van der Waals surface area contributed by atoms with Crippen molar-refractivity contribution < 1.29 is 9.90 Å². The number of hydrogen-bond acceptors (Lipinski definition) is 5. The lowest BCUT2D eigenvalue weighted by atomic mass is 10.1. The highest BCUT2D eigenvalue weighted by Crippen LogP contribution is 2.19. The largest absolute Gasteiger partial charge is 0.394 e. The molecular weight excluding hydrogens is 306 g/mol. The first-order valence-corrected chi connectivity index (χ1v) is 8.19. The average molecular weight is 331 g/mol. The maximum atomic E-state index is 12.6. The highest BCUT2D eigenvalue weighted by molar-refractivity contribution is 5.95. The molecule has 24 heavy (non-hydrogen) atoms. The molecular formula is C17H25N5O2. The minimum atomic E-state index is -0.265. The second-order valence-corrected chi connectivity index (χ2v) is 6.24. The van der Waals surface area contributed by atoms with Crippen molar-refractivity contribution in [2.24, 2.45) is 0 Å². The summed E-state index contributed by atoms with van der Waals surface area (Å²) < 4.78 is 1.55. The van der Waals surface area contributed by atoms with Crippen LogP contribution in [0.2, 0.25) is 0 Å². The third-order valence-corrected chi connectivity index (χ3v) is 3.76. The molecule has 0 aliphatic heterocycles. The summed E-state index contributed by atoms with van der Waals surface area (Å²) >= 11 is 0. The van der Waals surface area contributed by atoms with E-state index >= 15 is 0 Å². The van der Waals surface area contributed by atoms with Crippen molar-refractivity contribution in [2.75, 3.05) is 6.61 Å². The SMILES string of the molecule is CCC(CO)NC(=O)c1cn(-c2nc(C)cc(C)n2)nc1C(C)C. The van der Waals surface area contributed by atoms with Gasteiger partial charge in [-0.15, -0.1) is 0 Å². The number of carbonyl (C=O) groups excluding carboxylic acids is 1. The van der Waals surface area contributed by atoms with Gasteiger partial charge in [0.1, 0.15) is 0 Å². The van der Waals surface area contributed by atoms with Crippen LogP contribution in [0.3, 0.4) is 0 Å². The van der Waals surface area contributed by atoms with Gasteiger partial charge in [0.2, 0.25) is 0 Å². The van der Waals surface area contributed by atoms with E-state index in [2.05, 4.69) is 20.4 Å². The summed E-state index contributed by atoms with van der Waals surface area (Å²) in [5.74, 6) is 0.282. The van der Waals surface area contributed by atoms with E-state index in [1.807, 2.05) is 40.7 Å². The molecule has 7 heteroatoms. The molecule has 1 unspecified atom stereocenters. The number of aliphatic hydroxyl groups excluding tert-OH is 1. The summed E-state index contributed by atoms with van der Waals surface area (Å²) in [5, 5.41) is 16.6. The summed E-state index contributed by atoms with van der Waals surface area (Å²) in [4.78, 5) is 21.3. The van der Waals surface area contributed by atoms with Gasteiger partial charge in [0.25, 0.3) is 11.9 Å². The van der Waals surface area contributed by atoms with Crippen LogP contribution in [0.15, 0.2) is 12.3 Å². The van der Waals surface area contributed by atoms with Gasteiger partial charge in [-0.25, -0.2) is 14.6 Å². The Morgan fingerprint density at radius 1 is 1.29 bits per heavy atom. The van der Waals surface area contributed by atoms with Gasteiger partial charge in [0, 0.05) is 17.6 Å². The Bertz CT molecular complexity index is 700. The molecule has 1 atom stereocenters. The molecule has 7 nitrogen and oxygen atoms in total. The van der Waals surface area contributed by atoms with Gasteiger partial charge in [0.15, 0.2) is 0 Å². The summed E-state index contributed by atoms with van der Waals surface area (Å²) in [5.41, 5.74) is 2.86. The van der Waals surface area contributed by atoms with Crippen LogP contribution in [0.1, 0.15) is 60.5 Å². The minimum absolute atomic E-state index is 0.0760. The number of nitrogens with one attached hydrogen (secondary N) is 1. The Morgan fingerprint density at radius 2 is 1.92 bits per heavy atom. The first kappa shape index (κ1) is 18.1. The van der Waals surface area contributed by atoms with Crippen molar-refractivity contribution in [3.63, 3.8) is 0 Å². The van der Waals surface area contributed by atoms with E-state index in [0.29, 0.717) is 23.6 Å². The smallest absolute Gasteiger partial charge is 0.255 e. The van der Waals surface area contributed by atoms with Crippen molar-refractivity contribution in [1.82, 2.24) is 25.1 Å². The Kier molecular flexibility index (Phi) is 5.66. The maximum Gasteiger partial charge on any atom is 0.255 e. The molecule has 2 aromatic heterocycles. The molecule has 0 bridgehead atoms. The fourth-order valence-electron chi connectivity index (χ4n) is 2.44. The fraction of sp³-hybridized carbons (Fsp3) is 0.529. The molecule has 2 rings (SSSR count). The summed E-state index contributed by atoms with van der Waals surface area (Å²) in [6, 6.07) is 1.62. The van der Waals surface area contributed by atoms with Crippen molar-refractivity contribution in [2.45, 2.75) is 53.0 Å². The van der Waals surface area contributed by atoms with Crippen LogP contribution in [0, 0.1) is 13.8 Å². The Balaban J connectivity index is 2.41. The third kappa shape index (κ3) is 3.97. The summed E-state index contributed by atoms with van der Waals surface area (Å²) in [6.07, 6.45) is 2.32. The van der Waals surface area contributed by atoms with Gasteiger partial charge in [-0.2, -0.15) is 5.10 Å². The molecule has 130 valence electrons. The van der Waals surface area contributed by atoms with Crippen LogP contribution in [0.25, 0.3) is 5.95 Å². The van der Waals surface area contributed by atoms with E-state index in [1.54, 1.807) is 10.9 Å². The zero-order valence-corrected chi connectivity index (χ0v) is 14.9. The van der Waals surface area contributed by atoms with Crippen molar-refractivity contribution in [3.05, 3.63) is 34.9 Å². The number of amides is 1. The van der Waals surface area contributed by atoms with E-state index in [0.717, 1.165) is 11.4 Å². The third-order valence-electron chi connectivity index (χ3n) is 3.76. The van der Waals surface area contributed by atoms with E-state index in [-0.39, 0.29) is 24.5 Å². The van der Waals surface area contributed by atoms with E-state index < -0.39 is 0 Å². The number of aromatic nitrogens is 4. The number of nitrogens with zero attached hydrogens (tertiary/aromatic N) is 4. The van der Waals surface area contributed by atoms with Crippen LogP contribution >= 0.6 is 0 Å². The van der Waals surface area contributed by atoms with Gasteiger partial charge in [-0.05, 0) is 32.3 Å². The zero-order chi connectivity index (χ0) is 17.9. The summed E-state index contributed by atoms with van der Waals surface area (Å²) in [6.45, 7) is 9.58. The van der Waals surface area contributed by atoms with Crippen molar-refractivity contribution in [1.29, 1.82) is 0 Å². The predicted octanol–water partition coefficient (Wildman–Crippen LogP) is 1.90. The monoisotopic (exact) mass is 331 g/mol. The number of aliphatic hydroxyl groups is 1. The first-order chi connectivity index (χ1) is 11.3. The van der Waals surface area contributed by atoms with Gasteiger partial charge in [-0.3, -0.25) is 4.79 Å². The van der Waals surface area contributed by atoms with Gasteiger partial charge >= 0.3 is 0 Å². The van der Waals surface area contributed by atoms with Crippen LogP contribution < -0.4 is 5.32 Å². The topological polar surface area (TPSA) is 92.9 Å². The molecule has 0 saturated heterocycles. The molecule has 2 heterocycles. The Morgan fingerprint density at radius 3 is 2.42 bits per heavy atom. The molecule has 2 N–H and O–H groups in total. The second-order valence-electron chi connectivity index (χ2n) is 6.24. The molecule has 1 amide bonds. The predicted molar refractivity (Wildman–Crippen MR) is 91.3 cm³/mol. The first-order valence-electron chi connectivity index (χ1n) is 8.19. The van der Waals surface area contributed by atoms with Crippen LogP contribution in [0.5, 0.6) is 0 Å². The lowest BCUT2D eigenvalue weighted by Gasteiger charge is -2.14. The highest BCUT2D eigenvalue weighted by atomic mass is 16.3. The van der Waals surface area contributed by atoms with E-state index in [4.69, 9.17) is 0 Å². The van der Waals surface area contributed by atoms with Crippen molar-refractivity contribution >= 4 is 5.91 Å². The molecule has 0 aliphatic carbocycles. The van der Waals surface area contributed by atoms with Crippen LogP contribution in [-0.4, -0.2) is 43.4 Å². The Hall–Kier alpha value is -2.28. The maximum absolute atomic E-state index is 12.6. The zero-order valence-electron chi connectivity index (χ0n) is 14.9. The standard InChI is InChI=1S/C17H25N5O2/c1-6-13(9-23)20-16(24)14-8-22(21-15(14)10(2)3)17-18-11(4)7-12(5)19-17/h7-8,10,13,23H,6,9H2,1-5H3,(H,20,24). The number of rotatable bonds is 6. The quantitative estimate of drug-likeness (QED) is 0.843. The van der Waals surface area contributed by atoms with Crippen molar-refractivity contribution in [3.8, 4) is 5.95 Å². The van der Waals surface area contributed by atoms with E-state index in [1.165, 1.54) is 0 Å². The lowest BCUT2D eigenvalue weighted by molar-refractivity contribution is 0.0913. The molecule has 0 fully saturated rings. The highest BCUT2D eigenvalue weighted by Gasteiger charge is 2.22. The van der Waals surface area contributed by atoms with E-state index in [9.17, 15) is 9.90 Å². The van der Waals surface area contributed by atoms with Crippen LogP contribution in [-0.2, 0) is 0 Å². The molecule has 0 aromatic carbocycles. The normalized spacial score (nSPS) is 12.5. The van der Waals surface area contributed by atoms with Crippen LogP contribution in [0.4, 0.5) is 0 Å². The summed E-state index contributed by atoms with van der Waals surface area (Å²) in [7, 11) is 0. The number of aryl methyl sites for hydroxylation is 2. The van der Waals surface area contributed by atoms with Gasteiger partial charge < -0.3 is 10.4 Å². The molecule has 0 spiro atoms. The average Bonchev–Trinajstić information content (AvgIpc) is 2.97. The second kappa shape index (κ2) is 7.53. The molecule has 0 saturated carbocycles. The van der Waals surface area contributed by atoms with Gasteiger partial charge in [-0.1, -0.05) is 20.8 Å². The minimum Gasteiger partial charge on any atom is -0.394 e. The molecule has 0 radical (unpaired) electrons. The Labute approximate surface area is 142 Å².